The van der Waals surface area contributed by atoms with Crippen molar-refractivity contribution in [1.29, 1.82) is 0 Å². The number of pyridine rings is 1. The Hall–Kier alpha value is -2.01. The quantitative estimate of drug-likeness (QED) is 0.632. The summed E-state index contributed by atoms with van der Waals surface area (Å²) in [4.78, 5) is 16.4. The number of thioether (sulfide) groups is 1. The number of carbonyl (C=O) groups is 1. The van der Waals surface area contributed by atoms with Crippen LogP contribution in [-0.4, -0.2) is 28.9 Å². The van der Waals surface area contributed by atoms with Gasteiger partial charge in [-0.3, -0.25) is 4.79 Å². The fourth-order valence-corrected chi connectivity index (χ4v) is 2.39. The van der Waals surface area contributed by atoms with E-state index in [4.69, 9.17) is 5.73 Å². The van der Waals surface area contributed by atoms with Crippen LogP contribution in [0, 0.1) is 0 Å². The molecule has 0 unspecified atom stereocenters. The van der Waals surface area contributed by atoms with Crippen molar-refractivity contribution in [2.24, 2.45) is 0 Å². The standard InChI is InChI=1S/C15H17N3OS/c1-2-8-20-9-7-17-15(19)14-10-12(16)11-5-3-4-6-13(11)18-14/h2-6,10H,1,7-9H2,(H2,16,18)(H,17,19). The lowest BCUT2D eigenvalue weighted by Crippen LogP contribution is -2.26. The first-order chi connectivity index (χ1) is 9.72. The zero-order chi connectivity index (χ0) is 14.4. The maximum absolute atomic E-state index is 12.0. The summed E-state index contributed by atoms with van der Waals surface area (Å²) in [6.45, 7) is 4.25. The van der Waals surface area contributed by atoms with Crippen LogP contribution < -0.4 is 11.1 Å². The van der Waals surface area contributed by atoms with E-state index in [0.29, 0.717) is 17.9 Å². The summed E-state index contributed by atoms with van der Waals surface area (Å²) in [5.74, 6) is 1.54. The monoisotopic (exact) mass is 287 g/mol. The van der Waals surface area contributed by atoms with E-state index in [9.17, 15) is 4.79 Å². The largest absolute Gasteiger partial charge is 0.398 e. The fraction of sp³-hybridized carbons (Fsp3) is 0.200. The molecule has 1 aromatic heterocycles. The maximum Gasteiger partial charge on any atom is 0.270 e. The van der Waals surface area contributed by atoms with E-state index in [1.165, 1.54) is 0 Å². The zero-order valence-electron chi connectivity index (χ0n) is 11.1. The van der Waals surface area contributed by atoms with Crippen molar-refractivity contribution in [2.75, 3.05) is 23.8 Å². The van der Waals surface area contributed by atoms with E-state index in [2.05, 4.69) is 16.9 Å². The van der Waals surface area contributed by atoms with Gasteiger partial charge in [-0.1, -0.05) is 24.3 Å². The van der Waals surface area contributed by atoms with Gasteiger partial charge in [-0.15, -0.1) is 6.58 Å². The van der Waals surface area contributed by atoms with Crippen molar-refractivity contribution in [3.63, 3.8) is 0 Å². The second-order valence-corrected chi connectivity index (χ2v) is 5.38. The molecule has 2 aromatic rings. The number of nitrogens with one attached hydrogen (secondary N) is 1. The number of hydrogen-bond donors (Lipinski definition) is 2. The fourth-order valence-electron chi connectivity index (χ4n) is 1.81. The van der Waals surface area contributed by atoms with E-state index in [0.717, 1.165) is 22.4 Å². The lowest BCUT2D eigenvalue weighted by atomic mass is 10.1. The van der Waals surface area contributed by atoms with Crippen molar-refractivity contribution in [3.05, 3.63) is 48.7 Å². The molecule has 0 fully saturated rings. The van der Waals surface area contributed by atoms with Gasteiger partial charge in [-0.05, 0) is 12.1 Å². The highest BCUT2D eigenvalue weighted by molar-refractivity contribution is 7.99. The van der Waals surface area contributed by atoms with Crippen LogP contribution in [0.5, 0.6) is 0 Å². The Morgan fingerprint density at radius 2 is 2.25 bits per heavy atom. The third-order valence-electron chi connectivity index (χ3n) is 2.75. The number of anilines is 1. The molecule has 104 valence electrons. The first-order valence-electron chi connectivity index (χ1n) is 6.34. The van der Waals surface area contributed by atoms with Crippen LogP contribution in [0.15, 0.2) is 43.0 Å². The smallest absolute Gasteiger partial charge is 0.270 e. The Kier molecular flexibility index (Phi) is 5.01. The number of nitrogens with two attached hydrogens (primary N) is 1. The number of nitrogens with zero attached hydrogens (tertiary/aromatic N) is 1. The van der Waals surface area contributed by atoms with Gasteiger partial charge in [-0.2, -0.15) is 11.8 Å². The molecule has 0 saturated carbocycles. The average molecular weight is 287 g/mol. The van der Waals surface area contributed by atoms with Crippen LogP contribution in [-0.2, 0) is 0 Å². The number of fused-ring (bicyclic) bond motifs is 1. The lowest BCUT2D eigenvalue weighted by Gasteiger charge is -2.07. The molecule has 0 atom stereocenters. The van der Waals surface area contributed by atoms with Crippen LogP contribution in [0.3, 0.4) is 0 Å². The third kappa shape index (κ3) is 3.51. The first kappa shape index (κ1) is 14.4. The van der Waals surface area contributed by atoms with Crippen LogP contribution in [0.1, 0.15) is 10.5 Å². The Labute approximate surface area is 122 Å². The zero-order valence-corrected chi connectivity index (χ0v) is 12.0. The number of aromatic nitrogens is 1. The minimum absolute atomic E-state index is 0.193. The van der Waals surface area contributed by atoms with E-state index >= 15 is 0 Å². The maximum atomic E-state index is 12.0. The molecule has 3 N–H and O–H groups in total. The number of nitrogen functional groups attached to an aromatic ring is 1. The van der Waals surface area contributed by atoms with Crippen molar-refractivity contribution in [3.8, 4) is 0 Å². The van der Waals surface area contributed by atoms with Gasteiger partial charge in [0.25, 0.3) is 5.91 Å². The molecule has 0 aliphatic rings. The van der Waals surface area contributed by atoms with E-state index < -0.39 is 0 Å². The highest BCUT2D eigenvalue weighted by Gasteiger charge is 2.09. The van der Waals surface area contributed by atoms with Crippen LogP contribution >= 0.6 is 11.8 Å². The van der Waals surface area contributed by atoms with E-state index in [-0.39, 0.29) is 5.91 Å². The summed E-state index contributed by atoms with van der Waals surface area (Å²) >= 11 is 1.72. The molecule has 4 nitrogen and oxygen atoms in total. The van der Waals surface area contributed by atoms with Crippen molar-refractivity contribution in [1.82, 2.24) is 10.3 Å². The minimum atomic E-state index is -0.193. The molecule has 0 saturated heterocycles. The summed E-state index contributed by atoms with van der Waals surface area (Å²) in [6, 6.07) is 9.14. The Morgan fingerprint density at radius 3 is 3.05 bits per heavy atom. The van der Waals surface area contributed by atoms with E-state index in [1.54, 1.807) is 17.8 Å². The Balaban J connectivity index is 2.05. The van der Waals surface area contributed by atoms with Crippen LogP contribution in [0.2, 0.25) is 0 Å². The number of rotatable bonds is 6. The summed E-state index contributed by atoms with van der Waals surface area (Å²) in [5, 5.41) is 3.70. The van der Waals surface area contributed by atoms with Crippen molar-refractivity contribution >= 4 is 34.3 Å². The van der Waals surface area contributed by atoms with Gasteiger partial charge in [0, 0.05) is 29.1 Å². The molecule has 5 heteroatoms. The summed E-state index contributed by atoms with van der Waals surface area (Å²) < 4.78 is 0. The number of benzene rings is 1. The molecule has 2 rings (SSSR count). The molecule has 20 heavy (non-hydrogen) atoms. The second-order valence-electron chi connectivity index (χ2n) is 4.23. The Bertz CT molecular complexity index is 628. The van der Waals surface area contributed by atoms with Gasteiger partial charge in [0.1, 0.15) is 5.69 Å². The number of amides is 1. The Morgan fingerprint density at radius 1 is 1.45 bits per heavy atom. The molecule has 0 aliphatic carbocycles. The predicted octanol–water partition coefficient (Wildman–Crippen LogP) is 2.47. The van der Waals surface area contributed by atoms with E-state index in [1.807, 2.05) is 30.3 Å². The molecule has 1 heterocycles. The molecule has 1 amide bonds. The number of para-hydroxylation sites is 1. The second kappa shape index (κ2) is 6.96. The molecule has 0 bridgehead atoms. The van der Waals surface area contributed by atoms with Gasteiger partial charge in [0.05, 0.1) is 5.52 Å². The summed E-state index contributed by atoms with van der Waals surface area (Å²) in [7, 11) is 0. The van der Waals surface area contributed by atoms with Crippen molar-refractivity contribution < 1.29 is 4.79 Å². The lowest BCUT2D eigenvalue weighted by molar-refractivity contribution is 0.0951. The number of hydrogen-bond acceptors (Lipinski definition) is 4. The number of carbonyl (C=O) groups excluding carboxylic acids is 1. The SMILES string of the molecule is C=CCSCCNC(=O)c1cc(N)c2ccccc2n1. The molecule has 0 radical (unpaired) electrons. The predicted molar refractivity (Wildman–Crippen MR) is 86.0 cm³/mol. The topological polar surface area (TPSA) is 68.0 Å². The van der Waals surface area contributed by atoms with Gasteiger partial charge in [0.15, 0.2) is 0 Å². The normalized spacial score (nSPS) is 10.4. The first-order valence-corrected chi connectivity index (χ1v) is 7.50. The highest BCUT2D eigenvalue weighted by Crippen LogP contribution is 2.19. The summed E-state index contributed by atoms with van der Waals surface area (Å²) in [5.41, 5.74) is 7.62. The third-order valence-corrected chi connectivity index (χ3v) is 3.71. The van der Waals surface area contributed by atoms with Gasteiger partial charge in [0.2, 0.25) is 0 Å². The molecular weight excluding hydrogens is 270 g/mol. The van der Waals surface area contributed by atoms with Crippen molar-refractivity contribution in [2.45, 2.75) is 0 Å². The minimum Gasteiger partial charge on any atom is -0.398 e. The highest BCUT2D eigenvalue weighted by atomic mass is 32.2. The molecule has 0 aliphatic heterocycles. The van der Waals surface area contributed by atoms with Gasteiger partial charge >= 0.3 is 0 Å². The van der Waals surface area contributed by atoms with Gasteiger partial charge in [-0.25, -0.2) is 4.98 Å². The average Bonchev–Trinajstić information content (AvgIpc) is 2.47. The van der Waals surface area contributed by atoms with Crippen LogP contribution in [0.4, 0.5) is 5.69 Å². The molecule has 0 spiro atoms. The van der Waals surface area contributed by atoms with Gasteiger partial charge < -0.3 is 11.1 Å². The molecular formula is C15H17N3OS. The summed E-state index contributed by atoms with van der Waals surface area (Å²) in [6.07, 6.45) is 1.85. The molecule has 1 aromatic carbocycles. The van der Waals surface area contributed by atoms with Crippen LogP contribution in [0.25, 0.3) is 10.9 Å².